The Bertz CT molecular complexity index is 92.9. The zero-order valence-electron chi connectivity index (χ0n) is 7.59. The van der Waals surface area contributed by atoms with E-state index in [0.717, 1.165) is 13.1 Å². The third-order valence-corrected chi connectivity index (χ3v) is 1.86. The number of rotatable bonds is 4. The van der Waals surface area contributed by atoms with Gasteiger partial charge in [-0.15, -0.1) is 0 Å². The van der Waals surface area contributed by atoms with Crippen LogP contribution in [0.25, 0.3) is 0 Å². The van der Waals surface area contributed by atoms with Crippen molar-refractivity contribution >= 4 is 0 Å². The van der Waals surface area contributed by atoms with Gasteiger partial charge in [-0.1, -0.05) is 26.0 Å². The molecule has 0 N–H and O–H groups in total. The smallest absolute Gasteiger partial charge is 0.0249 e. The van der Waals surface area contributed by atoms with Crippen LogP contribution in [-0.4, -0.2) is 24.0 Å². The maximum absolute atomic E-state index is 2.42. The second kappa shape index (κ2) is 5.48. The Morgan fingerprint density at radius 3 is 2.10 bits per heavy atom. The van der Waals surface area contributed by atoms with Gasteiger partial charge in [-0.3, -0.25) is 4.90 Å². The molecule has 0 aliphatic rings. The van der Waals surface area contributed by atoms with E-state index in [1.165, 1.54) is 0 Å². The molecular weight excluding hydrogens is 122 g/mol. The molecule has 0 saturated carbocycles. The number of likely N-dealkylation sites (N-methyl/N-ethyl adjacent to an activating group) is 1. The van der Waals surface area contributed by atoms with Crippen molar-refractivity contribution < 1.29 is 0 Å². The standard InChI is InChI=1S/C9H19N/c1-5-8-9(4)10(6-2)7-3/h5,8-9H,6-7H2,1-4H3/b8-5+. The van der Waals surface area contributed by atoms with Crippen LogP contribution in [0.1, 0.15) is 27.7 Å². The molecule has 0 rings (SSSR count). The molecule has 0 aliphatic heterocycles. The van der Waals surface area contributed by atoms with Gasteiger partial charge in [0.15, 0.2) is 0 Å². The molecule has 0 radical (unpaired) electrons. The Hall–Kier alpha value is -0.300. The van der Waals surface area contributed by atoms with Gasteiger partial charge in [0.05, 0.1) is 0 Å². The molecule has 0 fully saturated rings. The second-order valence-corrected chi connectivity index (χ2v) is 2.49. The summed E-state index contributed by atoms with van der Waals surface area (Å²) in [6.45, 7) is 11.0. The summed E-state index contributed by atoms with van der Waals surface area (Å²) < 4.78 is 0. The molecule has 1 unspecified atom stereocenters. The van der Waals surface area contributed by atoms with Crippen molar-refractivity contribution in [1.29, 1.82) is 0 Å². The molecule has 0 heterocycles. The Kier molecular flexibility index (Phi) is 5.32. The van der Waals surface area contributed by atoms with Crippen molar-refractivity contribution in [3.8, 4) is 0 Å². The highest BCUT2D eigenvalue weighted by Crippen LogP contribution is 1.98. The molecule has 0 aromatic heterocycles. The van der Waals surface area contributed by atoms with E-state index >= 15 is 0 Å². The molecule has 0 aliphatic carbocycles. The van der Waals surface area contributed by atoms with Crippen molar-refractivity contribution in [2.75, 3.05) is 13.1 Å². The van der Waals surface area contributed by atoms with Crippen molar-refractivity contribution in [1.82, 2.24) is 4.90 Å². The van der Waals surface area contributed by atoms with E-state index < -0.39 is 0 Å². The molecule has 1 heteroatoms. The van der Waals surface area contributed by atoms with E-state index in [9.17, 15) is 0 Å². The van der Waals surface area contributed by atoms with Crippen LogP contribution in [0.15, 0.2) is 12.2 Å². The molecule has 1 atom stereocenters. The summed E-state index contributed by atoms with van der Waals surface area (Å²) in [5.74, 6) is 0. The van der Waals surface area contributed by atoms with Crippen molar-refractivity contribution in [2.24, 2.45) is 0 Å². The fourth-order valence-electron chi connectivity index (χ4n) is 1.20. The van der Waals surface area contributed by atoms with Crippen LogP contribution in [0.3, 0.4) is 0 Å². The van der Waals surface area contributed by atoms with Crippen LogP contribution < -0.4 is 0 Å². The molecule has 60 valence electrons. The minimum atomic E-state index is 0.597. The third-order valence-electron chi connectivity index (χ3n) is 1.86. The molecule has 0 spiro atoms. The van der Waals surface area contributed by atoms with Crippen LogP contribution >= 0.6 is 0 Å². The molecule has 0 bridgehead atoms. The lowest BCUT2D eigenvalue weighted by molar-refractivity contribution is 0.268. The molecule has 10 heavy (non-hydrogen) atoms. The Morgan fingerprint density at radius 1 is 1.30 bits per heavy atom. The highest BCUT2D eigenvalue weighted by Gasteiger charge is 2.03. The first-order valence-corrected chi connectivity index (χ1v) is 4.13. The summed E-state index contributed by atoms with van der Waals surface area (Å²) in [5.41, 5.74) is 0. The fourth-order valence-corrected chi connectivity index (χ4v) is 1.20. The van der Waals surface area contributed by atoms with Crippen molar-refractivity contribution in [2.45, 2.75) is 33.7 Å². The van der Waals surface area contributed by atoms with Crippen LogP contribution in [0.2, 0.25) is 0 Å². The Balaban J connectivity index is 3.75. The molecule has 1 nitrogen and oxygen atoms in total. The molecule has 0 amide bonds. The van der Waals surface area contributed by atoms with Gasteiger partial charge >= 0.3 is 0 Å². The van der Waals surface area contributed by atoms with Gasteiger partial charge in [0.1, 0.15) is 0 Å². The van der Waals surface area contributed by atoms with Gasteiger partial charge in [0, 0.05) is 6.04 Å². The predicted octanol–water partition coefficient (Wildman–Crippen LogP) is 2.29. The van der Waals surface area contributed by atoms with E-state index in [-0.39, 0.29) is 0 Å². The number of hydrogen-bond donors (Lipinski definition) is 0. The lowest BCUT2D eigenvalue weighted by Gasteiger charge is -2.23. The minimum Gasteiger partial charge on any atom is -0.298 e. The number of allylic oxidation sites excluding steroid dienone is 1. The first kappa shape index (κ1) is 9.70. The minimum absolute atomic E-state index is 0.597. The molecule has 0 saturated heterocycles. The largest absolute Gasteiger partial charge is 0.298 e. The van der Waals surface area contributed by atoms with Gasteiger partial charge in [0.2, 0.25) is 0 Å². The van der Waals surface area contributed by atoms with Gasteiger partial charge in [-0.25, -0.2) is 0 Å². The monoisotopic (exact) mass is 141 g/mol. The van der Waals surface area contributed by atoms with E-state index in [1.54, 1.807) is 0 Å². The first-order valence-electron chi connectivity index (χ1n) is 4.13. The Labute approximate surface area is 64.7 Å². The second-order valence-electron chi connectivity index (χ2n) is 2.49. The fraction of sp³-hybridized carbons (Fsp3) is 0.778. The normalized spacial score (nSPS) is 14.9. The Morgan fingerprint density at radius 2 is 1.80 bits per heavy atom. The quantitative estimate of drug-likeness (QED) is 0.543. The van der Waals surface area contributed by atoms with Gasteiger partial charge < -0.3 is 0 Å². The van der Waals surface area contributed by atoms with Crippen LogP contribution in [0.5, 0.6) is 0 Å². The first-order chi connectivity index (χ1) is 4.76. The van der Waals surface area contributed by atoms with Gasteiger partial charge in [0.25, 0.3) is 0 Å². The van der Waals surface area contributed by atoms with E-state index in [2.05, 4.69) is 44.7 Å². The highest BCUT2D eigenvalue weighted by atomic mass is 15.1. The lowest BCUT2D eigenvalue weighted by atomic mass is 10.2. The third kappa shape index (κ3) is 3.02. The average Bonchev–Trinajstić information content (AvgIpc) is 1.91. The zero-order chi connectivity index (χ0) is 7.98. The van der Waals surface area contributed by atoms with E-state index in [0.29, 0.717) is 6.04 Å². The molecular formula is C9H19N. The summed E-state index contributed by atoms with van der Waals surface area (Å²) in [7, 11) is 0. The maximum atomic E-state index is 2.42. The zero-order valence-corrected chi connectivity index (χ0v) is 7.59. The highest BCUT2D eigenvalue weighted by molar-refractivity contribution is 4.88. The van der Waals surface area contributed by atoms with Crippen molar-refractivity contribution in [3.05, 3.63) is 12.2 Å². The predicted molar refractivity (Wildman–Crippen MR) is 47.2 cm³/mol. The van der Waals surface area contributed by atoms with Crippen LogP contribution in [0, 0.1) is 0 Å². The maximum Gasteiger partial charge on any atom is 0.0249 e. The lowest BCUT2D eigenvalue weighted by Crippen LogP contribution is -2.30. The summed E-state index contributed by atoms with van der Waals surface area (Å²) in [6, 6.07) is 0.597. The van der Waals surface area contributed by atoms with E-state index in [1.807, 2.05) is 0 Å². The van der Waals surface area contributed by atoms with Crippen LogP contribution in [0.4, 0.5) is 0 Å². The summed E-state index contributed by atoms with van der Waals surface area (Å²) in [4.78, 5) is 2.42. The number of hydrogen-bond acceptors (Lipinski definition) is 1. The van der Waals surface area contributed by atoms with Crippen molar-refractivity contribution in [3.63, 3.8) is 0 Å². The summed E-state index contributed by atoms with van der Waals surface area (Å²) in [6.07, 6.45) is 4.34. The summed E-state index contributed by atoms with van der Waals surface area (Å²) >= 11 is 0. The average molecular weight is 141 g/mol. The van der Waals surface area contributed by atoms with Crippen LogP contribution in [-0.2, 0) is 0 Å². The SMILES string of the molecule is C/C=C/C(C)N(CC)CC. The number of nitrogens with zero attached hydrogens (tertiary/aromatic N) is 1. The van der Waals surface area contributed by atoms with Gasteiger partial charge in [-0.05, 0) is 26.9 Å². The molecule has 0 aromatic carbocycles. The summed E-state index contributed by atoms with van der Waals surface area (Å²) in [5, 5.41) is 0. The molecule has 0 aromatic rings. The van der Waals surface area contributed by atoms with E-state index in [4.69, 9.17) is 0 Å². The van der Waals surface area contributed by atoms with Gasteiger partial charge in [-0.2, -0.15) is 0 Å². The topological polar surface area (TPSA) is 3.24 Å².